The van der Waals surface area contributed by atoms with Crippen LogP contribution in [0.25, 0.3) is 0 Å². The van der Waals surface area contributed by atoms with E-state index in [0.717, 1.165) is 24.4 Å². The molecule has 1 heterocycles. The molecular weight excluding hydrogens is 258 g/mol. The molecule has 116 valence electrons. The van der Waals surface area contributed by atoms with Gasteiger partial charge in [-0.3, -0.25) is 0 Å². The zero-order valence-corrected chi connectivity index (χ0v) is 13.5. The summed E-state index contributed by atoms with van der Waals surface area (Å²) in [7, 11) is 0. The number of rotatable bonds is 3. The number of fused-ring (bicyclic) bond motifs is 1. The molecule has 1 aliphatic heterocycles. The van der Waals surface area contributed by atoms with E-state index in [1.54, 1.807) is 0 Å². The number of aryl methyl sites for hydroxylation is 2. The molecular formula is C19H29NO. The highest BCUT2D eigenvalue weighted by Gasteiger charge is 2.37. The molecule has 0 aromatic heterocycles. The Hall–Kier alpha value is -0.860. The summed E-state index contributed by atoms with van der Waals surface area (Å²) in [5.41, 5.74) is 3.28. The Morgan fingerprint density at radius 2 is 2.00 bits per heavy atom. The van der Waals surface area contributed by atoms with Crippen LogP contribution in [0.15, 0.2) is 18.2 Å². The fraction of sp³-hybridized carbons (Fsp3) is 0.684. The maximum absolute atomic E-state index is 11.2. The Morgan fingerprint density at radius 3 is 2.76 bits per heavy atom. The molecule has 1 aromatic rings. The second-order valence-corrected chi connectivity index (χ2v) is 7.14. The van der Waals surface area contributed by atoms with E-state index in [2.05, 4.69) is 30.4 Å². The second-order valence-electron chi connectivity index (χ2n) is 7.14. The van der Waals surface area contributed by atoms with Crippen molar-refractivity contribution in [3.63, 3.8) is 0 Å². The van der Waals surface area contributed by atoms with Crippen LogP contribution in [-0.2, 0) is 18.4 Å². The number of hydrogen-bond acceptors (Lipinski definition) is 2. The molecule has 1 saturated heterocycles. The highest BCUT2D eigenvalue weighted by Crippen LogP contribution is 2.34. The average Bonchev–Trinajstić information content (AvgIpc) is 2.54. The van der Waals surface area contributed by atoms with Gasteiger partial charge in [-0.1, -0.05) is 31.5 Å². The van der Waals surface area contributed by atoms with Gasteiger partial charge in [-0.15, -0.1) is 0 Å². The molecule has 0 bridgehead atoms. The van der Waals surface area contributed by atoms with Gasteiger partial charge in [0.2, 0.25) is 0 Å². The van der Waals surface area contributed by atoms with Crippen LogP contribution in [-0.4, -0.2) is 17.7 Å². The lowest BCUT2D eigenvalue weighted by Crippen LogP contribution is -2.51. The normalized spacial score (nSPS) is 28.7. The van der Waals surface area contributed by atoms with Gasteiger partial charge in [-0.25, -0.2) is 0 Å². The van der Waals surface area contributed by atoms with E-state index in [4.69, 9.17) is 0 Å². The van der Waals surface area contributed by atoms with Crippen LogP contribution in [0, 0.1) is 5.92 Å². The third-order valence-electron chi connectivity index (χ3n) is 5.70. The summed E-state index contributed by atoms with van der Waals surface area (Å²) in [4.78, 5) is 0. The fourth-order valence-electron chi connectivity index (χ4n) is 4.04. The molecule has 3 atom stereocenters. The van der Waals surface area contributed by atoms with E-state index in [1.165, 1.54) is 49.7 Å². The smallest absolute Gasteiger partial charge is 0.102 e. The second kappa shape index (κ2) is 6.10. The summed E-state index contributed by atoms with van der Waals surface area (Å²) in [5.74, 6) is 0.750. The zero-order chi connectivity index (χ0) is 14.9. The van der Waals surface area contributed by atoms with E-state index < -0.39 is 5.60 Å². The van der Waals surface area contributed by atoms with E-state index in [1.807, 2.05) is 6.92 Å². The van der Waals surface area contributed by atoms with Gasteiger partial charge in [0.05, 0.1) is 0 Å². The minimum absolute atomic E-state index is 0.179. The number of hydrogen-bond donors (Lipinski definition) is 2. The van der Waals surface area contributed by atoms with Crippen molar-refractivity contribution in [2.75, 3.05) is 6.54 Å². The van der Waals surface area contributed by atoms with Gasteiger partial charge < -0.3 is 10.4 Å². The molecule has 3 unspecified atom stereocenters. The summed E-state index contributed by atoms with van der Waals surface area (Å²) in [6.07, 6.45) is 8.53. The van der Waals surface area contributed by atoms with Crippen molar-refractivity contribution in [1.82, 2.24) is 5.32 Å². The van der Waals surface area contributed by atoms with Crippen LogP contribution >= 0.6 is 0 Å². The monoisotopic (exact) mass is 287 g/mol. The van der Waals surface area contributed by atoms with Gasteiger partial charge in [-0.05, 0) is 74.6 Å². The highest BCUT2D eigenvalue weighted by molar-refractivity contribution is 5.37. The van der Waals surface area contributed by atoms with Crippen LogP contribution in [0.3, 0.4) is 0 Å². The highest BCUT2D eigenvalue weighted by atomic mass is 16.3. The summed E-state index contributed by atoms with van der Waals surface area (Å²) in [6.45, 7) is 5.29. The quantitative estimate of drug-likeness (QED) is 0.891. The van der Waals surface area contributed by atoms with Gasteiger partial charge in [0, 0.05) is 6.04 Å². The van der Waals surface area contributed by atoms with Crippen molar-refractivity contribution < 1.29 is 5.11 Å². The lowest BCUT2D eigenvalue weighted by Gasteiger charge is -2.40. The standard InChI is InChI=1S/C19H29NO/c1-3-14-10-11-20-18(12-14)19(2,21)17-9-8-15-6-4-5-7-16(15)13-17/h8-9,13-14,18,20-21H,3-7,10-12H2,1-2H3. The Kier molecular flexibility index (Phi) is 4.37. The van der Waals surface area contributed by atoms with Crippen molar-refractivity contribution >= 4 is 0 Å². The number of aliphatic hydroxyl groups is 1. The summed E-state index contributed by atoms with van der Waals surface area (Å²) >= 11 is 0. The third-order valence-corrected chi connectivity index (χ3v) is 5.70. The first kappa shape index (κ1) is 15.1. The van der Waals surface area contributed by atoms with Crippen LogP contribution < -0.4 is 5.32 Å². The summed E-state index contributed by atoms with van der Waals surface area (Å²) in [5, 5.41) is 14.7. The first-order valence-electron chi connectivity index (χ1n) is 8.69. The molecule has 2 nitrogen and oxygen atoms in total. The largest absolute Gasteiger partial charge is 0.384 e. The molecule has 21 heavy (non-hydrogen) atoms. The van der Waals surface area contributed by atoms with Crippen molar-refractivity contribution in [2.45, 2.75) is 70.4 Å². The maximum atomic E-state index is 11.2. The number of piperidine rings is 1. The Morgan fingerprint density at radius 1 is 1.24 bits per heavy atom. The summed E-state index contributed by atoms with van der Waals surface area (Å²) in [6, 6.07) is 6.85. The summed E-state index contributed by atoms with van der Waals surface area (Å²) < 4.78 is 0. The molecule has 2 aliphatic rings. The van der Waals surface area contributed by atoms with Gasteiger partial charge in [-0.2, -0.15) is 0 Å². The fourth-order valence-corrected chi connectivity index (χ4v) is 4.04. The van der Waals surface area contributed by atoms with Gasteiger partial charge in [0.1, 0.15) is 5.60 Å². The predicted molar refractivity (Wildman–Crippen MR) is 87.5 cm³/mol. The van der Waals surface area contributed by atoms with Crippen molar-refractivity contribution in [3.05, 3.63) is 34.9 Å². The minimum atomic E-state index is -0.764. The van der Waals surface area contributed by atoms with Crippen molar-refractivity contribution in [3.8, 4) is 0 Å². The molecule has 1 aliphatic carbocycles. The van der Waals surface area contributed by atoms with E-state index in [-0.39, 0.29) is 6.04 Å². The Labute approximate surface area is 129 Å². The maximum Gasteiger partial charge on any atom is 0.102 e. The Balaban J connectivity index is 1.83. The topological polar surface area (TPSA) is 32.3 Å². The van der Waals surface area contributed by atoms with E-state index in [0.29, 0.717) is 0 Å². The molecule has 2 heteroatoms. The molecule has 0 saturated carbocycles. The van der Waals surface area contributed by atoms with Crippen LogP contribution in [0.2, 0.25) is 0 Å². The van der Waals surface area contributed by atoms with Crippen LogP contribution in [0.4, 0.5) is 0 Å². The van der Waals surface area contributed by atoms with Crippen molar-refractivity contribution in [1.29, 1.82) is 0 Å². The first-order chi connectivity index (χ1) is 10.1. The van der Waals surface area contributed by atoms with Crippen LogP contribution in [0.1, 0.15) is 62.6 Å². The van der Waals surface area contributed by atoms with Crippen molar-refractivity contribution in [2.24, 2.45) is 5.92 Å². The van der Waals surface area contributed by atoms with E-state index >= 15 is 0 Å². The SMILES string of the molecule is CCC1CCNC(C(C)(O)c2ccc3c(c2)CCCC3)C1. The lowest BCUT2D eigenvalue weighted by molar-refractivity contribution is -0.00317. The van der Waals surface area contributed by atoms with E-state index in [9.17, 15) is 5.11 Å². The van der Waals surface area contributed by atoms with Gasteiger partial charge >= 0.3 is 0 Å². The molecule has 1 aromatic carbocycles. The average molecular weight is 287 g/mol. The van der Waals surface area contributed by atoms with Gasteiger partial charge in [0.15, 0.2) is 0 Å². The molecule has 0 radical (unpaired) electrons. The number of nitrogens with one attached hydrogen (secondary N) is 1. The zero-order valence-electron chi connectivity index (χ0n) is 13.5. The van der Waals surface area contributed by atoms with Gasteiger partial charge in [0.25, 0.3) is 0 Å². The molecule has 0 spiro atoms. The predicted octanol–water partition coefficient (Wildman–Crippen LogP) is 3.55. The molecule has 1 fully saturated rings. The lowest BCUT2D eigenvalue weighted by atomic mass is 9.78. The molecule has 2 N–H and O–H groups in total. The van der Waals surface area contributed by atoms with Crippen LogP contribution in [0.5, 0.6) is 0 Å². The minimum Gasteiger partial charge on any atom is -0.384 e. The third kappa shape index (κ3) is 3.02. The number of benzene rings is 1. The Bertz CT molecular complexity index is 494. The first-order valence-corrected chi connectivity index (χ1v) is 8.69. The molecule has 3 rings (SSSR count). The molecule has 0 amide bonds.